The van der Waals surface area contributed by atoms with Crippen molar-refractivity contribution >= 4 is 5.91 Å². The standard InChI is InChI=1S/C16H18N4O/c21-16(9-13-3-1-5-17-10-13)20-8-2-4-14(12-20)15-11-18-6-7-19-15/h1,3,5-7,10-11,14H,2,4,8-9,12H2. The fourth-order valence-corrected chi connectivity index (χ4v) is 2.76. The van der Waals surface area contributed by atoms with Crippen LogP contribution in [0.5, 0.6) is 0 Å². The fourth-order valence-electron chi connectivity index (χ4n) is 2.76. The number of pyridine rings is 1. The van der Waals surface area contributed by atoms with Crippen LogP contribution in [0.2, 0.25) is 0 Å². The van der Waals surface area contributed by atoms with Gasteiger partial charge in [0.05, 0.1) is 12.1 Å². The number of hydrogen-bond acceptors (Lipinski definition) is 4. The van der Waals surface area contributed by atoms with E-state index < -0.39 is 0 Å². The molecule has 1 fully saturated rings. The van der Waals surface area contributed by atoms with Crippen molar-refractivity contribution in [3.63, 3.8) is 0 Å². The summed E-state index contributed by atoms with van der Waals surface area (Å²) < 4.78 is 0. The van der Waals surface area contributed by atoms with Crippen LogP contribution >= 0.6 is 0 Å². The van der Waals surface area contributed by atoms with Crippen LogP contribution in [0.3, 0.4) is 0 Å². The molecule has 0 aromatic carbocycles. The molecule has 1 atom stereocenters. The van der Waals surface area contributed by atoms with Gasteiger partial charge < -0.3 is 4.90 Å². The lowest BCUT2D eigenvalue weighted by Crippen LogP contribution is -2.40. The smallest absolute Gasteiger partial charge is 0.227 e. The number of amides is 1. The van der Waals surface area contributed by atoms with Gasteiger partial charge in [0.1, 0.15) is 0 Å². The molecule has 1 amide bonds. The molecule has 1 saturated heterocycles. The van der Waals surface area contributed by atoms with Crippen LogP contribution in [0.25, 0.3) is 0 Å². The van der Waals surface area contributed by atoms with Crippen molar-refractivity contribution < 1.29 is 4.79 Å². The molecule has 0 radical (unpaired) electrons. The van der Waals surface area contributed by atoms with Crippen molar-refractivity contribution in [2.24, 2.45) is 0 Å². The molecule has 3 rings (SSSR count). The Morgan fingerprint density at radius 1 is 1.24 bits per heavy atom. The summed E-state index contributed by atoms with van der Waals surface area (Å²) in [7, 11) is 0. The van der Waals surface area contributed by atoms with Crippen LogP contribution in [-0.4, -0.2) is 38.8 Å². The van der Waals surface area contributed by atoms with Gasteiger partial charge in [0.25, 0.3) is 0 Å². The molecular weight excluding hydrogens is 264 g/mol. The summed E-state index contributed by atoms with van der Waals surface area (Å²) in [5, 5.41) is 0. The van der Waals surface area contributed by atoms with Crippen molar-refractivity contribution in [1.82, 2.24) is 19.9 Å². The van der Waals surface area contributed by atoms with E-state index in [1.807, 2.05) is 17.0 Å². The van der Waals surface area contributed by atoms with Gasteiger partial charge in [-0.1, -0.05) is 6.07 Å². The second-order valence-corrected chi connectivity index (χ2v) is 5.35. The molecule has 108 valence electrons. The molecular formula is C16H18N4O. The van der Waals surface area contributed by atoms with Crippen molar-refractivity contribution in [2.45, 2.75) is 25.2 Å². The Hall–Kier alpha value is -2.30. The molecule has 0 saturated carbocycles. The van der Waals surface area contributed by atoms with E-state index in [1.165, 1.54) is 0 Å². The van der Waals surface area contributed by atoms with E-state index in [0.717, 1.165) is 37.2 Å². The topological polar surface area (TPSA) is 59.0 Å². The van der Waals surface area contributed by atoms with Crippen LogP contribution in [0.15, 0.2) is 43.1 Å². The molecule has 2 aromatic heterocycles. The van der Waals surface area contributed by atoms with E-state index >= 15 is 0 Å². The predicted octanol–water partition coefficient (Wildman–Crippen LogP) is 1.82. The first kappa shape index (κ1) is 13.7. The second kappa shape index (κ2) is 6.43. The lowest BCUT2D eigenvalue weighted by Gasteiger charge is -2.32. The molecule has 1 unspecified atom stereocenters. The summed E-state index contributed by atoms with van der Waals surface area (Å²) in [6, 6.07) is 3.80. The minimum atomic E-state index is 0.164. The van der Waals surface area contributed by atoms with Gasteiger partial charge >= 0.3 is 0 Å². The zero-order valence-corrected chi connectivity index (χ0v) is 11.9. The SMILES string of the molecule is O=C(Cc1cccnc1)N1CCCC(c2cnccn2)C1. The zero-order valence-electron chi connectivity index (χ0n) is 11.9. The maximum absolute atomic E-state index is 12.4. The Morgan fingerprint density at radius 2 is 2.14 bits per heavy atom. The number of likely N-dealkylation sites (tertiary alicyclic amines) is 1. The highest BCUT2D eigenvalue weighted by molar-refractivity contribution is 5.78. The Kier molecular flexibility index (Phi) is 4.19. The summed E-state index contributed by atoms with van der Waals surface area (Å²) in [4.78, 5) is 26.9. The minimum Gasteiger partial charge on any atom is -0.342 e. The van der Waals surface area contributed by atoms with Gasteiger partial charge in [-0.15, -0.1) is 0 Å². The Balaban J connectivity index is 1.64. The van der Waals surface area contributed by atoms with Crippen LogP contribution in [0.1, 0.15) is 30.0 Å². The van der Waals surface area contributed by atoms with E-state index in [0.29, 0.717) is 12.3 Å². The molecule has 5 heteroatoms. The maximum atomic E-state index is 12.4. The van der Waals surface area contributed by atoms with Gasteiger partial charge in [-0.25, -0.2) is 0 Å². The highest BCUT2D eigenvalue weighted by Gasteiger charge is 2.25. The highest BCUT2D eigenvalue weighted by Crippen LogP contribution is 2.25. The van der Waals surface area contributed by atoms with Crippen molar-refractivity contribution in [3.8, 4) is 0 Å². The monoisotopic (exact) mass is 282 g/mol. The van der Waals surface area contributed by atoms with Crippen molar-refractivity contribution in [3.05, 3.63) is 54.4 Å². The molecule has 0 N–H and O–H groups in total. The first-order valence-corrected chi connectivity index (χ1v) is 7.25. The van der Waals surface area contributed by atoms with Gasteiger partial charge in [0.15, 0.2) is 0 Å². The van der Waals surface area contributed by atoms with Crippen LogP contribution in [-0.2, 0) is 11.2 Å². The van der Waals surface area contributed by atoms with E-state index in [2.05, 4.69) is 15.0 Å². The first-order chi connectivity index (χ1) is 10.3. The van der Waals surface area contributed by atoms with Crippen LogP contribution < -0.4 is 0 Å². The van der Waals surface area contributed by atoms with Gasteiger partial charge in [-0.3, -0.25) is 19.7 Å². The number of nitrogens with zero attached hydrogens (tertiary/aromatic N) is 4. The number of carbonyl (C=O) groups excluding carboxylic acids is 1. The predicted molar refractivity (Wildman–Crippen MR) is 78.5 cm³/mol. The Bertz CT molecular complexity index is 588. The molecule has 21 heavy (non-hydrogen) atoms. The summed E-state index contributed by atoms with van der Waals surface area (Å²) >= 11 is 0. The first-order valence-electron chi connectivity index (χ1n) is 7.25. The Morgan fingerprint density at radius 3 is 2.90 bits per heavy atom. The van der Waals surface area contributed by atoms with Crippen molar-refractivity contribution in [2.75, 3.05) is 13.1 Å². The molecule has 0 spiro atoms. The summed E-state index contributed by atoms with van der Waals surface area (Å²) in [6.45, 7) is 1.56. The van der Waals surface area contributed by atoms with Gasteiger partial charge in [0.2, 0.25) is 5.91 Å². The Labute approximate surface area is 124 Å². The number of hydrogen-bond donors (Lipinski definition) is 0. The normalized spacial score (nSPS) is 18.5. The maximum Gasteiger partial charge on any atom is 0.227 e. The average Bonchev–Trinajstić information content (AvgIpc) is 2.57. The summed E-state index contributed by atoms with van der Waals surface area (Å²) in [6.07, 6.45) is 11.2. The molecule has 2 aromatic rings. The second-order valence-electron chi connectivity index (χ2n) is 5.35. The lowest BCUT2D eigenvalue weighted by molar-refractivity contribution is -0.131. The van der Waals surface area contributed by atoms with E-state index in [-0.39, 0.29) is 5.91 Å². The van der Waals surface area contributed by atoms with E-state index in [4.69, 9.17) is 0 Å². The summed E-state index contributed by atoms with van der Waals surface area (Å²) in [5.74, 6) is 0.460. The average molecular weight is 282 g/mol. The largest absolute Gasteiger partial charge is 0.342 e. The lowest BCUT2D eigenvalue weighted by atomic mass is 9.94. The van der Waals surface area contributed by atoms with E-state index in [1.54, 1.807) is 31.0 Å². The third kappa shape index (κ3) is 3.42. The molecule has 3 heterocycles. The molecule has 5 nitrogen and oxygen atoms in total. The number of rotatable bonds is 3. The summed E-state index contributed by atoms with van der Waals surface area (Å²) in [5.41, 5.74) is 1.94. The van der Waals surface area contributed by atoms with Crippen molar-refractivity contribution in [1.29, 1.82) is 0 Å². The minimum absolute atomic E-state index is 0.164. The third-order valence-corrected chi connectivity index (χ3v) is 3.85. The van der Waals surface area contributed by atoms with Gasteiger partial charge in [-0.2, -0.15) is 0 Å². The number of carbonyl (C=O) groups is 1. The highest BCUT2D eigenvalue weighted by atomic mass is 16.2. The molecule has 0 aliphatic carbocycles. The number of piperidine rings is 1. The van der Waals surface area contributed by atoms with E-state index in [9.17, 15) is 4.79 Å². The van der Waals surface area contributed by atoms with Crippen LogP contribution in [0.4, 0.5) is 0 Å². The molecule has 0 bridgehead atoms. The fraction of sp³-hybridized carbons (Fsp3) is 0.375. The zero-order chi connectivity index (χ0) is 14.5. The quantitative estimate of drug-likeness (QED) is 0.861. The van der Waals surface area contributed by atoms with Gasteiger partial charge in [-0.05, 0) is 24.5 Å². The van der Waals surface area contributed by atoms with Gasteiger partial charge in [0, 0.05) is 50.0 Å². The number of aromatic nitrogens is 3. The third-order valence-electron chi connectivity index (χ3n) is 3.85. The van der Waals surface area contributed by atoms with Crippen LogP contribution in [0, 0.1) is 0 Å². The molecule has 1 aliphatic heterocycles. The molecule has 1 aliphatic rings.